The lowest BCUT2D eigenvalue weighted by atomic mass is 10.0. The van der Waals surface area contributed by atoms with Gasteiger partial charge in [-0.05, 0) is 55.3 Å². The number of fused-ring (bicyclic) bond motifs is 1. The second-order valence-electron chi connectivity index (χ2n) is 7.51. The number of imide groups is 2. The van der Waals surface area contributed by atoms with E-state index in [1.165, 1.54) is 17.0 Å². The molecule has 2 aromatic rings. The molecule has 9 heteroatoms. The van der Waals surface area contributed by atoms with Gasteiger partial charge < -0.3 is 9.64 Å². The monoisotopic (exact) mass is 435 g/mol. The van der Waals surface area contributed by atoms with Crippen molar-refractivity contribution in [2.75, 3.05) is 6.61 Å². The summed E-state index contributed by atoms with van der Waals surface area (Å²) < 4.78 is 5.33. The third-order valence-corrected chi connectivity index (χ3v) is 5.44. The summed E-state index contributed by atoms with van der Waals surface area (Å²) in [5.74, 6) is -1.84. The van der Waals surface area contributed by atoms with Crippen LogP contribution in [0, 0.1) is 0 Å². The maximum Gasteiger partial charge on any atom is 0.258 e. The van der Waals surface area contributed by atoms with Crippen LogP contribution in [0.25, 0.3) is 0 Å². The van der Waals surface area contributed by atoms with Crippen LogP contribution in [-0.2, 0) is 16.1 Å². The van der Waals surface area contributed by atoms with Gasteiger partial charge in [-0.1, -0.05) is 6.07 Å². The van der Waals surface area contributed by atoms with Gasteiger partial charge in [0.25, 0.3) is 17.7 Å². The Morgan fingerprint density at radius 1 is 1.06 bits per heavy atom. The summed E-state index contributed by atoms with van der Waals surface area (Å²) in [7, 11) is 0. The first kappa shape index (κ1) is 21.2. The van der Waals surface area contributed by atoms with Gasteiger partial charge >= 0.3 is 0 Å². The van der Waals surface area contributed by atoms with E-state index in [0.717, 1.165) is 0 Å². The molecule has 0 aliphatic carbocycles. The molecule has 1 saturated heterocycles. The fourth-order valence-electron chi connectivity index (χ4n) is 3.81. The number of carbonyl (C=O) groups is 5. The highest BCUT2D eigenvalue weighted by Crippen LogP contribution is 2.28. The molecule has 2 aliphatic rings. The van der Waals surface area contributed by atoms with Crippen LogP contribution in [0.1, 0.15) is 56.4 Å². The van der Waals surface area contributed by atoms with Crippen molar-refractivity contribution in [3.8, 4) is 5.75 Å². The molecule has 9 nitrogen and oxygen atoms in total. The normalized spacial score (nSPS) is 17.6. The maximum atomic E-state index is 12.9. The van der Waals surface area contributed by atoms with Crippen LogP contribution in [0.5, 0.6) is 5.75 Å². The van der Waals surface area contributed by atoms with Gasteiger partial charge in [-0.3, -0.25) is 34.6 Å². The molecule has 164 valence electrons. The van der Waals surface area contributed by atoms with Crippen LogP contribution in [0.2, 0.25) is 0 Å². The lowest BCUT2D eigenvalue weighted by Crippen LogP contribution is -2.52. The Kier molecular flexibility index (Phi) is 5.72. The van der Waals surface area contributed by atoms with E-state index in [2.05, 4.69) is 10.6 Å². The van der Waals surface area contributed by atoms with Crippen molar-refractivity contribution in [3.05, 3.63) is 64.7 Å². The lowest BCUT2D eigenvalue weighted by molar-refractivity contribution is -0.136. The average Bonchev–Trinajstić information content (AvgIpc) is 3.10. The Balaban J connectivity index is 1.46. The van der Waals surface area contributed by atoms with Gasteiger partial charge in [-0.25, -0.2) is 0 Å². The van der Waals surface area contributed by atoms with Crippen LogP contribution < -0.4 is 15.4 Å². The van der Waals surface area contributed by atoms with Gasteiger partial charge in [0.05, 0.1) is 6.61 Å². The SMILES string of the molecule is CCOc1ccc(C(=O)NC(=O)c2ccc3c(c2)C(=O)N(C2CCC(=O)NC2=O)C3)cc1. The summed E-state index contributed by atoms with van der Waals surface area (Å²) in [5.41, 5.74) is 1.43. The third-order valence-electron chi connectivity index (χ3n) is 5.44. The number of benzene rings is 2. The Morgan fingerprint density at radius 3 is 2.44 bits per heavy atom. The molecule has 4 rings (SSSR count). The molecule has 2 heterocycles. The Morgan fingerprint density at radius 2 is 1.75 bits per heavy atom. The number of carbonyl (C=O) groups excluding carboxylic acids is 5. The van der Waals surface area contributed by atoms with Gasteiger partial charge in [0, 0.05) is 29.7 Å². The predicted octanol–water partition coefficient (Wildman–Crippen LogP) is 1.42. The van der Waals surface area contributed by atoms with Crippen LogP contribution in [0.15, 0.2) is 42.5 Å². The number of rotatable bonds is 5. The number of piperidine rings is 1. The minimum absolute atomic E-state index is 0.154. The van der Waals surface area contributed by atoms with E-state index >= 15 is 0 Å². The summed E-state index contributed by atoms with van der Waals surface area (Å²) in [6.45, 7) is 2.57. The van der Waals surface area contributed by atoms with Crippen LogP contribution in [0.3, 0.4) is 0 Å². The van der Waals surface area contributed by atoms with Crippen LogP contribution in [0.4, 0.5) is 0 Å². The highest BCUT2D eigenvalue weighted by atomic mass is 16.5. The van der Waals surface area contributed by atoms with Crippen LogP contribution in [-0.4, -0.2) is 47.1 Å². The number of hydrogen-bond acceptors (Lipinski definition) is 6. The highest BCUT2D eigenvalue weighted by molar-refractivity contribution is 6.12. The van der Waals surface area contributed by atoms with E-state index in [9.17, 15) is 24.0 Å². The van der Waals surface area contributed by atoms with Crippen molar-refractivity contribution < 1.29 is 28.7 Å². The summed E-state index contributed by atoms with van der Waals surface area (Å²) in [5, 5.41) is 4.56. The van der Waals surface area contributed by atoms with Crippen molar-refractivity contribution in [1.29, 1.82) is 0 Å². The highest BCUT2D eigenvalue weighted by Gasteiger charge is 2.39. The van der Waals surface area contributed by atoms with Gasteiger partial charge in [0.1, 0.15) is 11.8 Å². The van der Waals surface area contributed by atoms with E-state index in [0.29, 0.717) is 29.0 Å². The molecule has 1 unspecified atom stereocenters. The molecule has 0 saturated carbocycles. The van der Waals surface area contributed by atoms with Gasteiger partial charge in [-0.2, -0.15) is 0 Å². The first-order valence-electron chi connectivity index (χ1n) is 10.2. The van der Waals surface area contributed by atoms with Gasteiger partial charge in [0.2, 0.25) is 11.8 Å². The van der Waals surface area contributed by atoms with E-state index < -0.39 is 23.8 Å². The van der Waals surface area contributed by atoms with E-state index in [1.807, 2.05) is 6.92 Å². The molecular formula is C23H21N3O6. The maximum absolute atomic E-state index is 12.9. The molecule has 1 atom stereocenters. The Hall–Kier alpha value is -4.01. The predicted molar refractivity (Wildman–Crippen MR) is 112 cm³/mol. The standard InChI is InChI=1S/C23H21N3O6/c1-2-32-16-7-5-13(6-8-16)20(28)25-21(29)14-3-4-15-12-26(23(31)17(15)11-14)18-9-10-19(27)24-22(18)30/h3-8,11,18H,2,9-10,12H2,1H3,(H,24,27,30)(H,25,28,29). The molecular weight excluding hydrogens is 414 g/mol. The largest absolute Gasteiger partial charge is 0.494 e. The van der Waals surface area contributed by atoms with Crippen molar-refractivity contribution in [3.63, 3.8) is 0 Å². The molecule has 32 heavy (non-hydrogen) atoms. The zero-order valence-electron chi connectivity index (χ0n) is 17.3. The number of hydrogen-bond donors (Lipinski definition) is 2. The van der Waals surface area contributed by atoms with Crippen LogP contribution >= 0.6 is 0 Å². The van der Waals surface area contributed by atoms with Crippen molar-refractivity contribution in [2.24, 2.45) is 0 Å². The molecule has 1 fully saturated rings. The summed E-state index contributed by atoms with van der Waals surface area (Å²) >= 11 is 0. The Bertz CT molecular complexity index is 1130. The average molecular weight is 435 g/mol. The number of amides is 5. The topological polar surface area (TPSA) is 122 Å². The molecule has 0 spiro atoms. The fourth-order valence-corrected chi connectivity index (χ4v) is 3.81. The van der Waals surface area contributed by atoms with Gasteiger partial charge in [-0.15, -0.1) is 0 Å². The molecule has 2 aromatic carbocycles. The minimum Gasteiger partial charge on any atom is -0.494 e. The summed E-state index contributed by atoms with van der Waals surface area (Å²) in [6.07, 6.45) is 0.423. The van der Waals surface area contributed by atoms with E-state index in [4.69, 9.17) is 4.74 Å². The summed E-state index contributed by atoms with van der Waals surface area (Å²) in [6, 6.07) is 10.2. The zero-order chi connectivity index (χ0) is 22.8. The quantitative estimate of drug-likeness (QED) is 0.685. The molecule has 2 N–H and O–H groups in total. The third kappa shape index (κ3) is 4.09. The number of nitrogens with zero attached hydrogens (tertiary/aromatic N) is 1. The van der Waals surface area contributed by atoms with Crippen molar-refractivity contribution in [2.45, 2.75) is 32.4 Å². The minimum atomic E-state index is -0.730. The van der Waals surface area contributed by atoms with E-state index in [-0.39, 0.29) is 36.8 Å². The summed E-state index contributed by atoms with van der Waals surface area (Å²) in [4.78, 5) is 62.8. The molecule has 0 aromatic heterocycles. The smallest absolute Gasteiger partial charge is 0.258 e. The number of nitrogens with one attached hydrogen (secondary N) is 2. The zero-order valence-corrected chi connectivity index (χ0v) is 17.3. The number of ether oxygens (including phenoxy) is 1. The fraction of sp³-hybridized carbons (Fsp3) is 0.261. The van der Waals surface area contributed by atoms with Crippen molar-refractivity contribution in [1.82, 2.24) is 15.5 Å². The van der Waals surface area contributed by atoms with E-state index in [1.54, 1.807) is 30.3 Å². The van der Waals surface area contributed by atoms with Gasteiger partial charge in [0.15, 0.2) is 0 Å². The first-order valence-corrected chi connectivity index (χ1v) is 10.2. The lowest BCUT2D eigenvalue weighted by Gasteiger charge is -2.29. The molecule has 2 aliphatic heterocycles. The first-order chi connectivity index (χ1) is 15.4. The Labute approximate surface area is 183 Å². The van der Waals surface area contributed by atoms with Crippen molar-refractivity contribution >= 4 is 29.5 Å². The second-order valence-corrected chi connectivity index (χ2v) is 7.51. The molecule has 0 radical (unpaired) electrons. The molecule has 5 amide bonds. The second kappa shape index (κ2) is 8.62. The molecule has 0 bridgehead atoms.